The monoisotopic (exact) mass is 512 g/mol. The largest absolute Gasteiger partial charge is 0.456 e. The van der Waals surface area contributed by atoms with Crippen molar-refractivity contribution in [3.05, 3.63) is 155 Å². The minimum atomic E-state index is -0.586. The highest BCUT2D eigenvalue weighted by molar-refractivity contribution is 6.09. The molecule has 0 aliphatic carbocycles. The molecule has 0 saturated carbocycles. The molecule has 0 spiro atoms. The van der Waals surface area contributed by atoms with Crippen molar-refractivity contribution in [3.63, 3.8) is 0 Å². The molecule has 0 amide bonds. The molecule has 0 fully saturated rings. The van der Waals surface area contributed by atoms with Crippen LogP contribution in [0.3, 0.4) is 0 Å². The molecule has 0 saturated heterocycles. The Morgan fingerprint density at radius 3 is 1.82 bits per heavy atom. The van der Waals surface area contributed by atoms with Crippen LogP contribution in [0.2, 0.25) is 0 Å². The molecule has 1 aromatic heterocycles. The van der Waals surface area contributed by atoms with Crippen LogP contribution >= 0.6 is 0 Å². The number of furan rings is 1. The lowest BCUT2D eigenvalue weighted by Crippen LogP contribution is -1.99. The van der Waals surface area contributed by atoms with Crippen LogP contribution in [0.1, 0.15) is 41.4 Å². The minimum absolute atomic E-state index is 0.00723. The molecule has 8 aromatic rings. The predicted molar refractivity (Wildman–Crippen MR) is 165 cm³/mol. The van der Waals surface area contributed by atoms with E-state index in [-0.39, 0.29) is 61.5 Å². The van der Waals surface area contributed by atoms with Gasteiger partial charge in [0.15, 0.2) is 0 Å². The summed E-state index contributed by atoms with van der Waals surface area (Å²) >= 11 is 0. The van der Waals surface area contributed by atoms with Gasteiger partial charge in [-0.05, 0) is 79.5 Å². The number of benzene rings is 7. The highest BCUT2D eigenvalue weighted by atomic mass is 16.3. The Labute approximate surface area is 246 Å². The zero-order valence-corrected chi connectivity index (χ0v) is 20.4. The molecule has 1 heterocycles. The first-order valence-corrected chi connectivity index (χ1v) is 12.5. The second-order valence-corrected chi connectivity index (χ2v) is 9.38. The van der Waals surface area contributed by atoms with Gasteiger partial charge in [-0.3, -0.25) is 0 Å². The second-order valence-electron chi connectivity index (χ2n) is 9.38. The van der Waals surface area contributed by atoms with Crippen LogP contribution in [-0.4, -0.2) is 0 Å². The van der Waals surface area contributed by atoms with E-state index in [1.807, 2.05) is 30.3 Å². The molecule has 0 N–H and O–H groups in total. The zero-order chi connectivity index (χ0) is 37.9. The second kappa shape index (κ2) is 8.85. The number of fused-ring (bicyclic) bond motifs is 6. The van der Waals surface area contributed by atoms with Gasteiger partial charge in [-0.25, -0.2) is 0 Å². The molecule has 39 heavy (non-hydrogen) atoms. The number of hydrogen-bond acceptors (Lipinski definition) is 1. The number of para-hydroxylation sites is 1. The summed E-state index contributed by atoms with van der Waals surface area (Å²) in [5.41, 5.74) is 2.14. The predicted octanol–water partition coefficient (Wildman–Crippen LogP) is 10.2. The molecular weight excluding hydrogens is 472 g/mol. The SMILES string of the molecule is [2H]c1cc2c(Cc3c4c([2H])c([2H])c([2H])c([2H])c4c(Cc4cccc5oc6ccccc6c45)c4c([2H])c([2H])c([2H])c([2H])c34)c([2H])c([2H])c([2H])c2c([2H])c1[2H]. The van der Waals surface area contributed by atoms with Crippen molar-refractivity contribution in [2.75, 3.05) is 0 Å². The maximum absolute atomic E-state index is 9.22. The molecule has 8 rings (SSSR count). The summed E-state index contributed by atoms with van der Waals surface area (Å²) in [6.07, 6.45) is -0.441. The van der Waals surface area contributed by atoms with Crippen LogP contribution in [0.4, 0.5) is 0 Å². The summed E-state index contributed by atoms with van der Waals surface area (Å²) in [6.45, 7) is 0. The average molecular weight is 513 g/mol. The Hall–Kier alpha value is -4.88. The zero-order valence-electron chi connectivity index (χ0n) is 34.4. The van der Waals surface area contributed by atoms with Crippen molar-refractivity contribution in [2.24, 2.45) is 0 Å². The van der Waals surface area contributed by atoms with Crippen molar-refractivity contribution < 1.29 is 23.6 Å². The summed E-state index contributed by atoms with van der Waals surface area (Å²) in [6, 6.07) is 7.12. The van der Waals surface area contributed by atoms with Gasteiger partial charge in [-0.15, -0.1) is 0 Å². The van der Waals surface area contributed by atoms with Gasteiger partial charge in [0.1, 0.15) is 11.2 Å². The third-order valence-corrected chi connectivity index (χ3v) is 7.26. The van der Waals surface area contributed by atoms with Gasteiger partial charge in [0.05, 0.1) is 19.2 Å². The van der Waals surface area contributed by atoms with E-state index in [0.717, 1.165) is 10.8 Å². The van der Waals surface area contributed by atoms with E-state index in [4.69, 9.17) is 18.1 Å². The molecule has 184 valence electrons. The first-order valence-electron chi connectivity index (χ1n) is 19.5. The summed E-state index contributed by atoms with van der Waals surface area (Å²) < 4.78 is 129. The fourth-order valence-corrected chi connectivity index (χ4v) is 5.56. The van der Waals surface area contributed by atoms with Gasteiger partial charge in [-0.1, -0.05) is 121 Å². The van der Waals surface area contributed by atoms with Crippen LogP contribution < -0.4 is 0 Å². The Morgan fingerprint density at radius 1 is 0.462 bits per heavy atom. The van der Waals surface area contributed by atoms with Crippen molar-refractivity contribution in [1.29, 1.82) is 0 Å². The summed E-state index contributed by atoms with van der Waals surface area (Å²) in [5, 5.41) is 1.39. The Morgan fingerprint density at radius 2 is 1.08 bits per heavy atom. The van der Waals surface area contributed by atoms with Crippen molar-refractivity contribution >= 4 is 54.3 Å². The third-order valence-electron chi connectivity index (χ3n) is 7.26. The number of rotatable bonds is 4. The van der Waals surface area contributed by atoms with E-state index >= 15 is 0 Å². The lowest BCUT2D eigenvalue weighted by molar-refractivity contribution is 0.668. The van der Waals surface area contributed by atoms with Crippen LogP contribution in [0.15, 0.2) is 138 Å². The minimum Gasteiger partial charge on any atom is -0.456 e. The molecule has 0 bridgehead atoms. The highest BCUT2D eigenvalue weighted by Gasteiger charge is 2.17. The molecule has 0 atom stereocenters. The maximum Gasteiger partial charge on any atom is 0.135 e. The Bertz CT molecular complexity index is 2860. The third kappa shape index (κ3) is 3.55. The summed E-state index contributed by atoms with van der Waals surface area (Å²) in [5.74, 6) is 0. The molecule has 7 aromatic carbocycles. The van der Waals surface area contributed by atoms with Gasteiger partial charge in [-0.2, -0.15) is 0 Å². The molecule has 0 radical (unpaired) electrons. The van der Waals surface area contributed by atoms with E-state index in [1.165, 1.54) is 6.07 Å². The van der Waals surface area contributed by atoms with E-state index in [2.05, 4.69) is 0 Å². The summed E-state index contributed by atoms with van der Waals surface area (Å²) in [4.78, 5) is 0. The lowest BCUT2D eigenvalue weighted by atomic mass is 9.85. The standard InChI is InChI=1S/C38H26O/c1-2-15-28-25(11-1)12-9-13-26(28)23-34-29-16-3-5-18-31(29)35(32-19-6-4-17-30(32)34)24-27-14-10-22-37-38(27)33-20-7-8-21-36(33)39-37/h1-22H,23-24H2/i1D,2D,3D,4D,5D,6D,9D,11D,12D,13D,16D,17D,18D,19D. The molecular formula is C38H26O. The van der Waals surface area contributed by atoms with E-state index in [1.54, 1.807) is 12.1 Å². The highest BCUT2D eigenvalue weighted by Crippen LogP contribution is 2.38. The van der Waals surface area contributed by atoms with Crippen LogP contribution in [0.25, 0.3) is 54.3 Å². The molecule has 1 heteroatoms. The average Bonchev–Trinajstić information content (AvgIpc) is 3.53. The smallest absolute Gasteiger partial charge is 0.135 e. The topological polar surface area (TPSA) is 13.1 Å². The van der Waals surface area contributed by atoms with Gasteiger partial charge < -0.3 is 4.42 Å². The Balaban J connectivity index is 1.57. The fraction of sp³-hybridized carbons (Fsp3) is 0.0526. The van der Waals surface area contributed by atoms with Crippen LogP contribution in [0, 0.1) is 0 Å². The van der Waals surface area contributed by atoms with E-state index < -0.39 is 85.0 Å². The lowest BCUT2D eigenvalue weighted by Gasteiger charge is -2.18. The molecule has 1 nitrogen and oxygen atoms in total. The van der Waals surface area contributed by atoms with Gasteiger partial charge in [0.25, 0.3) is 0 Å². The van der Waals surface area contributed by atoms with Crippen LogP contribution in [0.5, 0.6) is 0 Å². The first-order chi connectivity index (χ1) is 25.1. The van der Waals surface area contributed by atoms with Crippen molar-refractivity contribution in [2.45, 2.75) is 12.8 Å². The Kier molecular flexibility index (Phi) is 2.80. The fourth-order valence-electron chi connectivity index (χ4n) is 5.56. The van der Waals surface area contributed by atoms with Gasteiger partial charge in [0, 0.05) is 10.8 Å². The molecule has 0 unspecified atom stereocenters. The van der Waals surface area contributed by atoms with Gasteiger partial charge in [0.2, 0.25) is 0 Å². The van der Waals surface area contributed by atoms with Gasteiger partial charge >= 0.3 is 0 Å². The summed E-state index contributed by atoms with van der Waals surface area (Å²) in [7, 11) is 0. The van der Waals surface area contributed by atoms with E-state index in [9.17, 15) is 5.48 Å². The quantitative estimate of drug-likeness (QED) is 0.214. The number of hydrogen-bond donors (Lipinski definition) is 0. The maximum atomic E-state index is 9.22. The first kappa shape index (κ1) is 12.3. The normalized spacial score (nSPS) is 16.8. The van der Waals surface area contributed by atoms with Crippen molar-refractivity contribution in [1.82, 2.24) is 0 Å². The molecule has 0 aliphatic heterocycles. The molecule has 0 aliphatic rings. The van der Waals surface area contributed by atoms with Crippen molar-refractivity contribution in [3.8, 4) is 0 Å². The van der Waals surface area contributed by atoms with E-state index in [0.29, 0.717) is 16.7 Å². The van der Waals surface area contributed by atoms with Crippen LogP contribution in [-0.2, 0) is 12.8 Å².